The van der Waals surface area contributed by atoms with E-state index in [4.69, 9.17) is 0 Å². The van der Waals surface area contributed by atoms with Gasteiger partial charge in [-0.15, -0.1) is 150 Å². The van der Waals surface area contributed by atoms with Gasteiger partial charge in [-0.2, -0.15) is 24.3 Å². The maximum Gasteiger partial charge on any atom is -0.0308 e. The molecule has 0 unspecified atom stereocenters. The number of aryl methyl sites for hydroxylation is 4. The van der Waals surface area contributed by atoms with Gasteiger partial charge >= 0.3 is 76.9 Å². The molecule has 0 saturated carbocycles. The van der Waals surface area contributed by atoms with E-state index < -0.39 is 0 Å². The number of benzene rings is 4. The van der Waals surface area contributed by atoms with E-state index in [1.165, 1.54) is 76.5 Å². The first-order chi connectivity index (χ1) is 25.5. The molecule has 0 fully saturated rings. The Hall–Kier alpha value is -2.24. The number of hydrogen-bond acceptors (Lipinski definition) is 0. The van der Waals surface area contributed by atoms with Gasteiger partial charge in [-0.25, -0.2) is 0 Å². The van der Waals surface area contributed by atoms with Gasteiger partial charge in [0.15, 0.2) is 0 Å². The first-order valence-electron chi connectivity index (χ1n) is 19.1. The van der Waals surface area contributed by atoms with E-state index in [0.717, 1.165) is 0 Å². The quantitative estimate of drug-likeness (QED) is 0.120. The van der Waals surface area contributed by atoms with Crippen LogP contribution in [0.5, 0.6) is 0 Å². The SMILES string of the molecule is C[Si](C)=[Ti+2].C[Si](C)=[Ti+2].Cc1cc2c(C(C)C)cccc2[cH-]1.Cc1cc2c(C(C)C)cccc2[cH-]1.Cc1cc2ccccc2[cH-]1.Cc1cc2ccccc2[cH-]1.[Cl-].[Cl-]. The van der Waals surface area contributed by atoms with Crippen LogP contribution in [0.3, 0.4) is 0 Å². The maximum atomic E-state index is 2.28. The standard InChI is InChI=1S/2C13H15.2C10H9.2C2H6Si.2ClH.2Ti/c2*1-9(2)12-6-4-5-11-7-10(3)8-13(11)12;2*1-8-6-9-4-2-3-5-10(9)7-8;2*1-3-2;;;;/h2*4-9H,1-3H3;2*2-7H,1H3;2*1-2H3;2*1H;;/q4*-1;;;;;2*+2/p-2. The second-order valence-corrected chi connectivity index (χ2v) is 28.8. The molecule has 0 aliphatic rings. The molecule has 0 radical (unpaired) electrons. The second kappa shape index (κ2) is 26.0. The van der Waals surface area contributed by atoms with E-state index in [1.54, 1.807) is 0 Å². The van der Waals surface area contributed by atoms with Crippen LogP contribution in [0.25, 0.3) is 43.1 Å². The van der Waals surface area contributed by atoms with Crippen LogP contribution < -0.4 is 24.8 Å². The summed E-state index contributed by atoms with van der Waals surface area (Å²) >= 11 is 4.54. The molecular weight excluding hydrogens is 823 g/mol. The van der Waals surface area contributed by atoms with Gasteiger partial charge < -0.3 is 24.8 Å². The molecule has 292 valence electrons. The molecule has 0 heterocycles. The fourth-order valence-corrected chi connectivity index (χ4v) is 6.44. The summed E-state index contributed by atoms with van der Waals surface area (Å²) in [6, 6.07) is 47.9. The van der Waals surface area contributed by atoms with Crippen LogP contribution in [-0.2, 0) is 38.3 Å². The zero-order valence-electron chi connectivity index (χ0n) is 35.6. The van der Waals surface area contributed by atoms with Gasteiger partial charge in [0.2, 0.25) is 0 Å². The Morgan fingerprint density at radius 1 is 0.411 bits per heavy atom. The van der Waals surface area contributed by atoms with Crippen LogP contribution in [0.4, 0.5) is 0 Å². The summed E-state index contributed by atoms with van der Waals surface area (Å²) in [5.41, 5.74) is 8.35. The molecule has 56 heavy (non-hydrogen) atoms. The summed E-state index contributed by atoms with van der Waals surface area (Å²) in [6.45, 7) is 26.6. The van der Waals surface area contributed by atoms with Crippen molar-refractivity contribution >= 4 is 55.5 Å². The minimum atomic E-state index is 0. The molecule has 0 aliphatic carbocycles. The van der Waals surface area contributed by atoms with Crippen molar-refractivity contribution < 1.29 is 63.2 Å². The third-order valence-electron chi connectivity index (χ3n) is 8.63. The van der Waals surface area contributed by atoms with E-state index in [9.17, 15) is 0 Å². The molecule has 8 aromatic rings. The van der Waals surface area contributed by atoms with Gasteiger partial charge in [-0.3, -0.25) is 0 Å². The van der Waals surface area contributed by atoms with Crippen LogP contribution in [0.15, 0.2) is 133 Å². The molecule has 8 rings (SSSR count). The summed E-state index contributed by atoms with van der Waals surface area (Å²) in [6.07, 6.45) is 0.241. The largest absolute Gasteiger partial charge is 1.00 e. The number of halogens is 2. The number of fused-ring (bicyclic) bond motifs is 4. The Morgan fingerprint density at radius 2 is 0.679 bits per heavy atom. The van der Waals surface area contributed by atoms with Crippen LogP contribution in [0.2, 0.25) is 26.2 Å². The van der Waals surface area contributed by atoms with Crippen molar-refractivity contribution in [2.45, 2.75) is 93.4 Å². The third kappa shape index (κ3) is 17.3. The molecule has 0 spiro atoms. The first kappa shape index (κ1) is 51.8. The van der Waals surface area contributed by atoms with E-state index in [2.05, 4.69) is 253 Å². The molecule has 6 heteroatoms. The van der Waals surface area contributed by atoms with Gasteiger partial charge in [0.25, 0.3) is 0 Å². The summed E-state index contributed by atoms with van der Waals surface area (Å²) in [5, 5.41) is 11.0. The van der Waals surface area contributed by atoms with Crippen LogP contribution in [0, 0.1) is 27.7 Å². The minimum Gasteiger partial charge on any atom is -1.00 e. The molecule has 0 amide bonds. The Morgan fingerprint density at radius 3 is 0.982 bits per heavy atom. The Balaban J connectivity index is 0.000000349. The van der Waals surface area contributed by atoms with Crippen molar-refractivity contribution in [2.75, 3.05) is 0 Å². The molecule has 0 nitrogen and oxygen atoms in total. The van der Waals surface area contributed by atoms with Crippen molar-refractivity contribution in [3.8, 4) is 0 Å². The van der Waals surface area contributed by atoms with Crippen molar-refractivity contribution in [3.05, 3.63) is 167 Å². The predicted octanol–water partition coefficient (Wildman–Crippen LogP) is 9.29. The average molecular weight is 884 g/mol. The fourth-order valence-electron chi connectivity index (χ4n) is 6.44. The molecule has 0 atom stereocenters. The zero-order chi connectivity index (χ0) is 39.9. The van der Waals surface area contributed by atoms with Crippen LogP contribution >= 0.6 is 0 Å². The molecule has 0 N–H and O–H groups in total. The predicted molar refractivity (Wildman–Crippen MR) is 240 cm³/mol. The fraction of sp³-hybridized carbons (Fsp3) is 0.280. The monoisotopic (exact) mass is 882 g/mol. The topological polar surface area (TPSA) is 0 Å². The first-order valence-corrected chi connectivity index (χ1v) is 28.8. The smallest absolute Gasteiger partial charge is 0.0308 e. The third-order valence-corrected chi connectivity index (χ3v) is 8.63. The summed E-state index contributed by atoms with van der Waals surface area (Å²) in [4.78, 5) is 0. The molecule has 0 aliphatic heterocycles. The Kier molecular flexibility index (Phi) is 24.0. The molecule has 8 aromatic carbocycles. The Bertz CT molecular complexity index is 2140. The normalized spacial score (nSPS) is 10.0. The zero-order valence-corrected chi connectivity index (χ0v) is 42.2. The molecule has 0 bridgehead atoms. The van der Waals surface area contributed by atoms with E-state index >= 15 is 0 Å². The molecular formula is C50H60Cl2Si2Ti2-2. The number of hydrogen-bond donors (Lipinski definition) is 0. The van der Waals surface area contributed by atoms with E-state index in [0.29, 0.717) is 11.8 Å². The van der Waals surface area contributed by atoms with Crippen molar-refractivity contribution in [3.63, 3.8) is 0 Å². The summed E-state index contributed by atoms with van der Waals surface area (Å²) in [5.74, 6) is 1.23. The Labute approximate surface area is 375 Å². The van der Waals surface area contributed by atoms with Crippen molar-refractivity contribution in [1.82, 2.24) is 0 Å². The number of rotatable bonds is 2. The molecule has 0 saturated heterocycles. The van der Waals surface area contributed by atoms with E-state index in [-0.39, 0.29) is 37.2 Å². The van der Waals surface area contributed by atoms with Crippen LogP contribution in [0.1, 0.15) is 72.9 Å². The van der Waals surface area contributed by atoms with Gasteiger partial charge in [0, 0.05) is 0 Å². The van der Waals surface area contributed by atoms with Gasteiger partial charge in [-0.05, 0) is 11.8 Å². The molecule has 0 aromatic heterocycles. The van der Waals surface area contributed by atoms with Gasteiger partial charge in [0.05, 0.1) is 0 Å². The maximum absolute atomic E-state index is 2.28. The summed E-state index contributed by atoms with van der Waals surface area (Å²) < 4.78 is 0. The minimum absolute atomic E-state index is 0. The van der Waals surface area contributed by atoms with E-state index in [1.807, 2.05) is 0 Å². The summed E-state index contributed by atoms with van der Waals surface area (Å²) in [7, 11) is 0. The van der Waals surface area contributed by atoms with Gasteiger partial charge in [0.1, 0.15) is 0 Å². The van der Waals surface area contributed by atoms with Crippen molar-refractivity contribution in [1.29, 1.82) is 0 Å². The van der Waals surface area contributed by atoms with Gasteiger partial charge in [-0.1, -0.05) is 90.8 Å². The van der Waals surface area contributed by atoms with Crippen LogP contribution in [-0.4, -0.2) is 12.4 Å². The second-order valence-electron chi connectivity index (χ2n) is 15.4. The average Bonchev–Trinajstić information content (AvgIpc) is 3.86. The van der Waals surface area contributed by atoms with Crippen molar-refractivity contribution in [2.24, 2.45) is 0 Å².